The van der Waals surface area contributed by atoms with Crippen LogP contribution in [0.1, 0.15) is 18.1 Å². The average Bonchev–Trinajstić information content (AvgIpc) is 2.51. The second kappa shape index (κ2) is 8.39. The molecule has 124 valence electrons. The fourth-order valence-corrected chi connectivity index (χ4v) is 2.54. The van der Waals surface area contributed by atoms with Gasteiger partial charge in [0.15, 0.2) is 11.5 Å². The molecule has 2 rings (SSSR count). The summed E-state index contributed by atoms with van der Waals surface area (Å²) >= 11 is 12.3. The first-order chi connectivity index (χ1) is 11.1. The molecule has 0 saturated carbocycles. The molecule has 0 aliphatic heterocycles. The summed E-state index contributed by atoms with van der Waals surface area (Å²) in [4.78, 5) is 0. The Labute approximate surface area is 145 Å². The Morgan fingerprint density at radius 2 is 1.83 bits per heavy atom. The van der Waals surface area contributed by atoms with Crippen molar-refractivity contribution in [3.63, 3.8) is 0 Å². The monoisotopic (exact) mass is 357 g/mol. The van der Waals surface area contributed by atoms with Gasteiger partial charge >= 0.3 is 0 Å². The Balaban J connectivity index is 2.26. The first kappa shape index (κ1) is 17.9. The standard InChI is InChI=1S/C17H18Cl2FNO2/c1-3-22-16-7-11(9-21-2)14(19)8-17(16)23-10-12-13(18)5-4-6-15(12)20/h4-8,21H,3,9-10H2,1-2H3. The van der Waals surface area contributed by atoms with Gasteiger partial charge in [-0.2, -0.15) is 0 Å². The minimum Gasteiger partial charge on any atom is -0.490 e. The van der Waals surface area contributed by atoms with Crippen LogP contribution in [0.25, 0.3) is 0 Å². The van der Waals surface area contributed by atoms with Crippen molar-refractivity contribution in [1.82, 2.24) is 5.32 Å². The minimum atomic E-state index is -0.409. The maximum atomic E-state index is 13.8. The van der Waals surface area contributed by atoms with Crippen LogP contribution in [0.4, 0.5) is 4.39 Å². The number of rotatable bonds is 7. The van der Waals surface area contributed by atoms with Crippen LogP contribution in [0.3, 0.4) is 0 Å². The van der Waals surface area contributed by atoms with Gasteiger partial charge in [-0.25, -0.2) is 4.39 Å². The first-order valence-electron chi connectivity index (χ1n) is 7.22. The van der Waals surface area contributed by atoms with E-state index in [0.29, 0.717) is 40.3 Å². The molecule has 2 aromatic carbocycles. The molecule has 6 heteroatoms. The highest BCUT2D eigenvalue weighted by atomic mass is 35.5. The molecule has 0 aromatic heterocycles. The van der Waals surface area contributed by atoms with E-state index in [0.717, 1.165) is 5.56 Å². The molecule has 23 heavy (non-hydrogen) atoms. The Morgan fingerprint density at radius 3 is 2.48 bits per heavy atom. The molecule has 0 heterocycles. The molecule has 0 saturated heterocycles. The summed E-state index contributed by atoms with van der Waals surface area (Å²) in [5.74, 6) is 0.610. The molecule has 0 atom stereocenters. The molecule has 0 amide bonds. The van der Waals surface area contributed by atoms with Crippen molar-refractivity contribution >= 4 is 23.2 Å². The fraction of sp³-hybridized carbons (Fsp3) is 0.294. The third-order valence-electron chi connectivity index (χ3n) is 3.21. The van der Waals surface area contributed by atoms with E-state index >= 15 is 0 Å². The van der Waals surface area contributed by atoms with Crippen molar-refractivity contribution in [2.24, 2.45) is 0 Å². The lowest BCUT2D eigenvalue weighted by molar-refractivity contribution is 0.265. The van der Waals surface area contributed by atoms with E-state index in [1.807, 2.05) is 20.0 Å². The molecule has 0 fully saturated rings. The summed E-state index contributed by atoms with van der Waals surface area (Å²) < 4.78 is 25.1. The number of benzene rings is 2. The Morgan fingerprint density at radius 1 is 1.09 bits per heavy atom. The summed E-state index contributed by atoms with van der Waals surface area (Å²) in [7, 11) is 1.83. The van der Waals surface area contributed by atoms with Crippen LogP contribution in [-0.4, -0.2) is 13.7 Å². The number of halogens is 3. The molecule has 1 N–H and O–H groups in total. The zero-order valence-corrected chi connectivity index (χ0v) is 14.5. The number of ether oxygens (including phenoxy) is 2. The summed E-state index contributed by atoms with van der Waals surface area (Å²) in [6.45, 7) is 2.97. The SMILES string of the molecule is CCOc1cc(CNC)c(Cl)cc1OCc1c(F)cccc1Cl. The molecule has 0 aliphatic carbocycles. The molecular formula is C17H18Cl2FNO2. The van der Waals surface area contributed by atoms with Gasteiger partial charge in [0.1, 0.15) is 12.4 Å². The van der Waals surface area contributed by atoms with E-state index in [-0.39, 0.29) is 6.61 Å². The molecular weight excluding hydrogens is 340 g/mol. The second-order valence-electron chi connectivity index (χ2n) is 4.84. The minimum absolute atomic E-state index is 0.00666. The fourth-order valence-electron chi connectivity index (χ4n) is 2.10. The zero-order valence-electron chi connectivity index (χ0n) is 13.0. The lowest BCUT2D eigenvalue weighted by Gasteiger charge is -2.15. The largest absolute Gasteiger partial charge is 0.490 e. The van der Waals surface area contributed by atoms with Gasteiger partial charge in [-0.15, -0.1) is 0 Å². The predicted molar refractivity (Wildman–Crippen MR) is 91.1 cm³/mol. The van der Waals surface area contributed by atoms with E-state index in [1.54, 1.807) is 18.2 Å². The van der Waals surface area contributed by atoms with Gasteiger partial charge in [0, 0.05) is 23.2 Å². The lowest BCUT2D eigenvalue weighted by atomic mass is 10.2. The highest BCUT2D eigenvalue weighted by Crippen LogP contribution is 2.34. The molecule has 0 radical (unpaired) electrons. The Kier molecular flexibility index (Phi) is 6.51. The van der Waals surface area contributed by atoms with E-state index in [9.17, 15) is 4.39 Å². The topological polar surface area (TPSA) is 30.5 Å². The van der Waals surface area contributed by atoms with Gasteiger partial charge in [-0.3, -0.25) is 0 Å². The highest BCUT2D eigenvalue weighted by Gasteiger charge is 2.13. The smallest absolute Gasteiger partial charge is 0.163 e. The third kappa shape index (κ3) is 4.50. The Bertz CT molecular complexity index is 660. The van der Waals surface area contributed by atoms with E-state index in [2.05, 4.69) is 5.32 Å². The van der Waals surface area contributed by atoms with Gasteiger partial charge < -0.3 is 14.8 Å². The van der Waals surface area contributed by atoms with Crippen LogP contribution < -0.4 is 14.8 Å². The molecule has 0 unspecified atom stereocenters. The van der Waals surface area contributed by atoms with Crippen molar-refractivity contribution in [3.8, 4) is 11.5 Å². The van der Waals surface area contributed by atoms with Crippen LogP contribution in [-0.2, 0) is 13.2 Å². The van der Waals surface area contributed by atoms with Gasteiger partial charge in [0.25, 0.3) is 0 Å². The summed E-state index contributed by atoms with van der Waals surface area (Å²) in [5.41, 5.74) is 1.20. The molecule has 2 aromatic rings. The third-order valence-corrected chi connectivity index (χ3v) is 3.92. The average molecular weight is 358 g/mol. The van der Waals surface area contributed by atoms with Crippen LogP contribution in [0.5, 0.6) is 11.5 Å². The number of nitrogens with one attached hydrogen (secondary N) is 1. The zero-order chi connectivity index (χ0) is 16.8. The van der Waals surface area contributed by atoms with Crippen molar-refractivity contribution in [3.05, 3.63) is 57.3 Å². The highest BCUT2D eigenvalue weighted by molar-refractivity contribution is 6.31. The normalized spacial score (nSPS) is 10.7. The second-order valence-corrected chi connectivity index (χ2v) is 5.66. The Hall–Kier alpha value is -1.49. The first-order valence-corrected chi connectivity index (χ1v) is 7.97. The maximum absolute atomic E-state index is 13.8. The summed E-state index contributed by atoms with van der Waals surface area (Å²) in [5, 5.41) is 3.91. The van der Waals surface area contributed by atoms with E-state index in [1.165, 1.54) is 6.07 Å². The van der Waals surface area contributed by atoms with Gasteiger partial charge in [0.05, 0.1) is 11.6 Å². The number of hydrogen-bond acceptors (Lipinski definition) is 3. The van der Waals surface area contributed by atoms with E-state index < -0.39 is 5.82 Å². The molecule has 0 bridgehead atoms. The summed E-state index contributed by atoms with van der Waals surface area (Å²) in [6, 6.07) is 8.01. The van der Waals surface area contributed by atoms with Crippen molar-refractivity contribution in [2.45, 2.75) is 20.1 Å². The van der Waals surface area contributed by atoms with Crippen molar-refractivity contribution in [2.75, 3.05) is 13.7 Å². The van der Waals surface area contributed by atoms with Gasteiger partial charge in [-0.1, -0.05) is 29.3 Å². The predicted octanol–water partition coefficient (Wildman–Crippen LogP) is 4.83. The van der Waals surface area contributed by atoms with Crippen molar-refractivity contribution in [1.29, 1.82) is 0 Å². The number of hydrogen-bond donors (Lipinski definition) is 1. The quantitative estimate of drug-likeness (QED) is 0.769. The molecule has 0 aliphatic rings. The molecule has 3 nitrogen and oxygen atoms in total. The summed E-state index contributed by atoms with van der Waals surface area (Å²) in [6.07, 6.45) is 0. The van der Waals surface area contributed by atoms with Crippen molar-refractivity contribution < 1.29 is 13.9 Å². The van der Waals surface area contributed by atoms with Crippen LogP contribution in [0.2, 0.25) is 10.0 Å². The van der Waals surface area contributed by atoms with E-state index in [4.69, 9.17) is 32.7 Å². The van der Waals surface area contributed by atoms with Gasteiger partial charge in [0.2, 0.25) is 0 Å². The molecule has 0 spiro atoms. The van der Waals surface area contributed by atoms with Crippen LogP contribution in [0, 0.1) is 5.82 Å². The lowest BCUT2D eigenvalue weighted by Crippen LogP contribution is -2.07. The van der Waals surface area contributed by atoms with Crippen LogP contribution >= 0.6 is 23.2 Å². The van der Waals surface area contributed by atoms with Crippen LogP contribution in [0.15, 0.2) is 30.3 Å². The van der Waals surface area contributed by atoms with Gasteiger partial charge in [-0.05, 0) is 37.7 Å². The maximum Gasteiger partial charge on any atom is 0.163 e.